The predicted octanol–water partition coefficient (Wildman–Crippen LogP) is 6.71. The fourth-order valence-electron chi connectivity index (χ4n) is 6.54. The van der Waals surface area contributed by atoms with Crippen LogP contribution in [0, 0.1) is 11.6 Å². The minimum Gasteiger partial charge on any atom is -0.465 e. The number of halogens is 7. The lowest BCUT2D eigenvalue weighted by atomic mass is 9.89. The van der Waals surface area contributed by atoms with E-state index in [1.54, 1.807) is 0 Å². The molecule has 6 rings (SSSR count). The number of hydrogen-bond acceptors (Lipinski definition) is 7. The van der Waals surface area contributed by atoms with Crippen LogP contribution in [0.4, 0.5) is 32.0 Å². The van der Waals surface area contributed by atoms with Crippen molar-refractivity contribution in [1.82, 2.24) is 9.89 Å². The van der Waals surface area contributed by atoms with Crippen LogP contribution in [-0.4, -0.2) is 95.9 Å². The van der Waals surface area contributed by atoms with Crippen LogP contribution in [0.25, 0.3) is 33.4 Å². The Morgan fingerprint density at radius 1 is 0.870 bits per heavy atom. The summed E-state index contributed by atoms with van der Waals surface area (Å²) in [7, 11) is 1.14. The maximum Gasteiger partial charge on any atom is 0.361 e. The Bertz CT molecular complexity index is 2060. The number of anilines is 1. The van der Waals surface area contributed by atoms with E-state index in [-0.39, 0.29) is 68.7 Å². The van der Waals surface area contributed by atoms with Crippen LogP contribution in [0.15, 0.2) is 46.9 Å². The normalized spacial score (nSPS) is 16.0. The van der Waals surface area contributed by atoms with Crippen molar-refractivity contribution in [3.8, 4) is 22.5 Å². The number of rotatable bonds is 16. The molecule has 0 radical (unpaired) electrons. The minimum absolute atomic E-state index is 0.0206. The molecule has 3 aliphatic heterocycles. The summed E-state index contributed by atoms with van der Waals surface area (Å²) in [6.45, 7) is -1.27. The molecule has 1 N–H and O–H groups in total. The Kier molecular flexibility index (Phi) is 12.1. The van der Waals surface area contributed by atoms with Gasteiger partial charge in [0.05, 0.1) is 57.3 Å². The molecule has 54 heavy (non-hydrogen) atoms. The zero-order chi connectivity index (χ0) is 38.6. The number of methoxy groups -OCH3 is 1. The van der Waals surface area contributed by atoms with Crippen molar-refractivity contribution in [1.29, 1.82) is 0 Å². The third-order valence-electron chi connectivity index (χ3n) is 9.26. The van der Waals surface area contributed by atoms with E-state index in [0.717, 1.165) is 54.4 Å². The third kappa shape index (κ3) is 8.79. The summed E-state index contributed by atoms with van der Waals surface area (Å²) in [5, 5.41) is 2.58. The summed E-state index contributed by atoms with van der Waals surface area (Å²) in [5.41, 5.74) is -0.0773. The van der Waals surface area contributed by atoms with E-state index in [0.29, 0.717) is 25.7 Å². The number of alkyl halides is 5. The van der Waals surface area contributed by atoms with E-state index in [9.17, 15) is 27.2 Å². The average molecular weight is 783 g/mol. The van der Waals surface area contributed by atoms with Crippen LogP contribution >= 0.6 is 11.6 Å². The van der Waals surface area contributed by atoms with Crippen LogP contribution in [0.1, 0.15) is 46.4 Å². The molecule has 2 saturated heterocycles. The first-order valence-electron chi connectivity index (χ1n) is 17.5. The molecule has 0 atom stereocenters. The number of fused-ring (bicyclic) bond motifs is 2. The molecule has 3 heterocycles. The van der Waals surface area contributed by atoms with Crippen molar-refractivity contribution in [3.05, 3.63) is 70.6 Å². The van der Waals surface area contributed by atoms with Crippen molar-refractivity contribution in [2.45, 2.75) is 37.5 Å². The topological polar surface area (TPSA) is 93.3 Å². The third-order valence-corrected chi connectivity index (χ3v) is 9.53. The first-order valence-corrected chi connectivity index (χ1v) is 18.0. The van der Waals surface area contributed by atoms with E-state index in [2.05, 4.69) is 5.32 Å². The molecule has 16 heteroatoms. The smallest absolute Gasteiger partial charge is 0.361 e. The largest absolute Gasteiger partial charge is 0.465 e. The summed E-state index contributed by atoms with van der Waals surface area (Å²) in [4.78, 5) is 27.6. The van der Waals surface area contributed by atoms with Crippen molar-refractivity contribution >= 4 is 40.1 Å². The van der Waals surface area contributed by atoms with Gasteiger partial charge in [0, 0.05) is 47.2 Å². The molecule has 2 aromatic carbocycles. The van der Waals surface area contributed by atoms with Gasteiger partial charge in [0.25, 0.3) is 11.8 Å². The van der Waals surface area contributed by atoms with Gasteiger partial charge in [0.15, 0.2) is 5.82 Å². The van der Waals surface area contributed by atoms with Gasteiger partial charge in [0.2, 0.25) is 18.4 Å². The molecule has 1 amide bonds. The van der Waals surface area contributed by atoms with Crippen LogP contribution in [0.5, 0.6) is 0 Å². The van der Waals surface area contributed by atoms with Crippen LogP contribution < -0.4 is 20.1 Å². The predicted molar refractivity (Wildman–Crippen MR) is 190 cm³/mol. The Morgan fingerprint density at radius 2 is 1.59 bits per heavy atom. The quantitative estimate of drug-likeness (QED) is 0.0338. The molecule has 4 aliphatic rings. The molecule has 1 aliphatic carbocycles. The Morgan fingerprint density at radius 3 is 2.28 bits per heavy atom. The molecule has 2 aromatic rings. The highest BCUT2D eigenvalue weighted by molar-refractivity contribution is 6.17. The van der Waals surface area contributed by atoms with Gasteiger partial charge in [0.1, 0.15) is 17.2 Å². The van der Waals surface area contributed by atoms with Crippen molar-refractivity contribution in [2.75, 3.05) is 77.0 Å². The maximum absolute atomic E-state index is 15.7. The molecule has 0 unspecified atom stereocenters. The van der Waals surface area contributed by atoms with Gasteiger partial charge in [-0.05, 0) is 48.7 Å². The van der Waals surface area contributed by atoms with Crippen molar-refractivity contribution in [2.24, 2.45) is 0 Å². The highest BCUT2D eigenvalue weighted by Gasteiger charge is 2.50. The first kappa shape index (κ1) is 39.4. The number of unbranched alkanes of at least 4 members (excludes halogenated alkanes) is 3. The highest BCUT2D eigenvalue weighted by atomic mass is 35.5. The average Bonchev–Trinajstić information content (AvgIpc) is 3.11. The number of benzene rings is 3. The van der Waals surface area contributed by atoms with Gasteiger partial charge in [-0.25, -0.2) is 22.5 Å². The fourth-order valence-corrected chi connectivity index (χ4v) is 6.73. The van der Waals surface area contributed by atoms with Gasteiger partial charge in [-0.15, -0.1) is 11.6 Å². The first-order chi connectivity index (χ1) is 25.8. The molecule has 2 fully saturated rings. The lowest BCUT2D eigenvalue weighted by molar-refractivity contribution is -0.0649. The van der Waals surface area contributed by atoms with Crippen LogP contribution in [0.2, 0.25) is 0 Å². The molecule has 0 spiro atoms. The fraction of sp³-hybridized carbons (Fsp3) is 0.447. The summed E-state index contributed by atoms with van der Waals surface area (Å²) in [6.07, 6.45) is 4.00. The lowest BCUT2D eigenvalue weighted by Crippen LogP contribution is -2.58. The number of nitrogens with zero attached hydrogens (tertiary/aromatic N) is 2. The Balaban J connectivity index is 1.32. The number of hydrogen-bond donors (Lipinski definition) is 1. The van der Waals surface area contributed by atoms with Crippen LogP contribution in [0.3, 0.4) is 0 Å². The van der Waals surface area contributed by atoms with Crippen molar-refractivity contribution in [3.63, 3.8) is 0 Å². The zero-order valence-corrected chi connectivity index (χ0v) is 30.2. The molecule has 0 aromatic heterocycles. The molecule has 9 nitrogen and oxygen atoms in total. The van der Waals surface area contributed by atoms with Gasteiger partial charge in [-0.2, -0.15) is 13.2 Å². The van der Waals surface area contributed by atoms with E-state index >= 15 is 8.78 Å². The summed E-state index contributed by atoms with van der Waals surface area (Å²) in [6, 6.07) is 8.56. The van der Waals surface area contributed by atoms with Gasteiger partial charge < -0.3 is 28.8 Å². The summed E-state index contributed by atoms with van der Waals surface area (Å²) >= 11 is 5.68. The second kappa shape index (κ2) is 16.6. The second-order valence-corrected chi connectivity index (χ2v) is 13.7. The summed E-state index contributed by atoms with van der Waals surface area (Å²) in [5.74, 6) is -8.57. The number of esters is 1. The van der Waals surface area contributed by atoms with E-state index in [1.807, 2.05) is 0 Å². The van der Waals surface area contributed by atoms with Gasteiger partial charge in [-0.3, -0.25) is 4.79 Å². The molecular weight excluding hydrogens is 744 g/mol. The number of ether oxygens (including phenoxy) is 3. The minimum atomic E-state index is -3.01. The van der Waals surface area contributed by atoms with E-state index in [4.69, 9.17) is 30.2 Å². The van der Waals surface area contributed by atoms with Crippen LogP contribution in [-0.2, 0) is 14.2 Å². The lowest BCUT2D eigenvalue weighted by Gasteiger charge is -2.40. The van der Waals surface area contributed by atoms with Crippen molar-refractivity contribution < 1.29 is 54.6 Å². The maximum atomic E-state index is 15.7. The number of carbonyl (C=O) groups excluding carboxylic acids is 2. The molecular formula is C38H39ClF6N3O6+. The monoisotopic (exact) mass is 782 g/mol. The second-order valence-electron chi connectivity index (χ2n) is 13.3. The number of nitrogens with one attached hydrogen (secondary N) is 1. The molecule has 0 saturated carbocycles. The standard InChI is InChI=1S/C38H38ClF6N3O6/c1-51-36(50)24-7-6-23(35(49)46-9-11-53-13-12-52-10-5-3-2-4-8-39)14-25(24)34-26-15-28(40)30(47-19-37(42,43)20-47)17-32(26)54-33-18-31(29(41)16-27(33)34)48-21-38(44,45)22-48/h6-7,14-18H,2-5,8-13,19-22H2,1H3/p+1. The zero-order valence-electron chi connectivity index (χ0n) is 29.4. The van der Waals surface area contributed by atoms with Gasteiger partial charge in [-0.1, -0.05) is 12.8 Å². The summed E-state index contributed by atoms with van der Waals surface area (Å²) < 4.78 is 110. The Hall–Kier alpha value is -4.34. The number of carbonyl (C=O) groups is 2. The van der Waals surface area contributed by atoms with E-state index < -0.39 is 61.5 Å². The molecule has 0 bridgehead atoms. The molecule has 290 valence electrons. The highest BCUT2D eigenvalue weighted by Crippen LogP contribution is 2.44. The number of amides is 1. The SMILES string of the molecule is COC(=O)c1ccc(C(=O)NCCOCCOCCCCCCCl)cc1-c1c2cc(F)c(=[N+]3CC(F)(F)C3)cc-2oc2cc(N3CC(F)(F)C3)c(F)cc12. The van der Waals surface area contributed by atoms with E-state index in [1.165, 1.54) is 30.3 Å². The Labute approximate surface area is 311 Å². The van der Waals surface area contributed by atoms with Gasteiger partial charge >= 0.3 is 11.9 Å².